The van der Waals surface area contributed by atoms with Crippen molar-refractivity contribution in [1.82, 2.24) is 9.97 Å². The van der Waals surface area contributed by atoms with Crippen LogP contribution in [0.3, 0.4) is 0 Å². The largest absolute Gasteiger partial charge is 0.348 e. The molecule has 0 saturated carbocycles. The molecule has 74 valence electrons. The SMILES string of the molecule is CC(C)C1(c2ncc[nH]2)C=CC=CC1. The molecule has 0 spiro atoms. The summed E-state index contributed by atoms with van der Waals surface area (Å²) in [5, 5.41) is 0. The molecule has 0 saturated heterocycles. The molecule has 0 fully saturated rings. The van der Waals surface area contributed by atoms with E-state index in [2.05, 4.69) is 48.1 Å². The van der Waals surface area contributed by atoms with Gasteiger partial charge in [0.15, 0.2) is 0 Å². The lowest BCUT2D eigenvalue weighted by atomic mass is 9.72. The molecule has 0 bridgehead atoms. The van der Waals surface area contributed by atoms with Gasteiger partial charge in [-0.1, -0.05) is 38.2 Å². The molecule has 1 aromatic rings. The maximum atomic E-state index is 4.39. The summed E-state index contributed by atoms with van der Waals surface area (Å²) in [6, 6.07) is 0. The maximum absolute atomic E-state index is 4.39. The number of nitrogens with zero attached hydrogens (tertiary/aromatic N) is 1. The van der Waals surface area contributed by atoms with Gasteiger partial charge in [-0.2, -0.15) is 0 Å². The number of aromatic amines is 1. The summed E-state index contributed by atoms with van der Waals surface area (Å²) < 4.78 is 0. The fourth-order valence-electron chi connectivity index (χ4n) is 2.03. The summed E-state index contributed by atoms with van der Waals surface area (Å²) in [6.45, 7) is 4.48. The molecule has 1 aliphatic carbocycles. The first kappa shape index (κ1) is 9.25. The predicted molar refractivity (Wildman–Crippen MR) is 58.0 cm³/mol. The molecule has 14 heavy (non-hydrogen) atoms. The number of nitrogens with one attached hydrogen (secondary N) is 1. The Labute approximate surface area is 84.8 Å². The van der Waals surface area contributed by atoms with E-state index in [1.54, 1.807) is 0 Å². The Morgan fingerprint density at radius 2 is 2.29 bits per heavy atom. The van der Waals surface area contributed by atoms with Crippen molar-refractivity contribution < 1.29 is 0 Å². The third kappa shape index (κ3) is 1.31. The number of imidazole rings is 1. The summed E-state index contributed by atoms with van der Waals surface area (Å²) in [4.78, 5) is 7.63. The van der Waals surface area contributed by atoms with E-state index in [1.165, 1.54) is 0 Å². The molecular weight excluding hydrogens is 172 g/mol. The number of rotatable bonds is 2. The molecule has 1 heterocycles. The van der Waals surface area contributed by atoms with Crippen LogP contribution in [0.1, 0.15) is 26.1 Å². The highest BCUT2D eigenvalue weighted by atomic mass is 14.9. The maximum Gasteiger partial charge on any atom is 0.116 e. The van der Waals surface area contributed by atoms with Gasteiger partial charge in [0, 0.05) is 12.4 Å². The molecule has 2 heteroatoms. The van der Waals surface area contributed by atoms with Crippen molar-refractivity contribution >= 4 is 0 Å². The fourth-order valence-corrected chi connectivity index (χ4v) is 2.03. The monoisotopic (exact) mass is 188 g/mol. The van der Waals surface area contributed by atoms with Crippen molar-refractivity contribution in [2.75, 3.05) is 0 Å². The highest BCUT2D eigenvalue weighted by molar-refractivity contribution is 5.28. The van der Waals surface area contributed by atoms with Crippen molar-refractivity contribution in [2.24, 2.45) is 5.92 Å². The van der Waals surface area contributed by atoms with Crippen LogP contribution in [0.5, 0.6) is 0 Å². The van der Waals surface area contributed by atoms with Crippen LogP contribution >= 0.6 is 0 Å². The molecule has 0 amide bonds. The predicted octanol–water partition coefficient (Wildman–Crippen LogP) is 2.82. The number of hydrogen-bond acceptors (Lipinski definition) is 1. The summed E-state index contributed by atoms with van der Waals surface area (Å²) in [5.41, 5.74) is 0.0677. The third-order valence-electron chi connectivity index (χ3n) is 3.07. The number of allylic oxidation sites excluding steroid dienone is 4. The van der Waals surface area contributed by atoms with Crippen molar-refractivity contribution in [2.45, 2.75) is 25.7 Å². The normalized spacial score (nSPS) is 25.9. The van der Waals surface area contributed by atoms with Crippen LogP contribution in [0, 0.1) is 5.92 Å². The smallest absolute Gasteiger partial charge is 0.116 e. The second-order valence-electron chi connectivity index (χ2n) is 4.12. The highest BCUT2D eigenvalue weighted by Crippen LogP contribution is 2.37. The molecular formula is C12H16N2. The van der Waals surface area contributed by atoms with Gasteiger partial charge in [-0.25, -0.2) is 4.98 Å². The zero-order chi connectivity index (χ0) is 10.0. The van der Waals surface area contributed by atoms with Crippen molar-refractivity contribution in [1.29, 1.82) is 0 Å². The van der Waals surface area contributed by atoms with Gasteiger partial charge in [0.25, 0.3) is 0 Å². The highest BCUT2D eigenvalue weighted by Gasteiger charge is 2.35. The molecule has 0 radical (unpaired) electrons. The Hall–Kier alpha value is -1.31. The Morgan fingerprint density at radius 1 is 1.43 bits per heavy atom. The minimum Gasteiger partial charge on any atom is -0.348 e. The Morgan fingerprint density at radius 3 is 2.79 bits per heavy atom. The van der Waals surface area contributed by atoms with Crippen LogP contribution in [-0.4, -0.2) is 9.97 Å². The summed E-state index contributed by atoms with van der Waals surface area (Å²) >= 11 is 0. The first-order valence-electron chi connectivity index (χ1n) is 5.10. The Bertz CT molecular complexity index is 346. The molecule has 1 aromatic heterocycles. The second kappa shape index (κ2) is 3.45. The summed E-state index contributed by atoms with van der Waals surface area (Å²) in [7, 11) is 0. The lowest BCUT2D eigenvalue weighted by molar-refractivity contribution is 0.367. The molecule has 1 aliphatic rings. The van der Waals surface area contributed by atoms with Crippen molar-refractivity contribution in [3.05, 3.63) is 42.5 Å². The fraction of sp³-hybridized carbons (Fsp3) is 0.417. The number of H-pyrrole nitrogens is 1. The van der Waals surface area contributed by atoms with Gasteiger partial charge in [-0.3, -0.25) is 0 Å². The average Bonchev–Trinajstić information content (AvgIpc) is 2.72. The van der Waals surface area contributed by atoms with Crippen LogP contribution in [0.4, 0.5) is 0 Å². The topological polar surface area (TPSA) is 28.7 Å². The quantitative estimate of drug-likeness (QED) is 0.759. The zero-order valence-corrected chi connectivity index (χ0v) is 8.70. The van der Waals surface area contributed by atoms with Crippen LogP contribution < -0.4 is 0 Å². The molecule has 1 unspecified atom stereocenters. The van der Waals surface area contributed by atoms with E-state index >= 15 is 0 Å². The average molecular weight is 188 g/mol. The number of hydrogen-bond donors (Lipinski definition) is 1. The van der Waals surface area contributed by atoms with E-state index in [1.807, 2.05) is 12.4 Å². The second-order valence-corrected chi connectivity index (χ2v) is 4.12. The van der Waals surface area contributed by atoms with Crippen LogP contribution in [-0.2, 0) is 5.41 Å². The number of aromatic nitrogens is 2. The van der Waals surface area contributed by atoms with Crippen LogP contribution in [0.2, 0.25) is 0 Å². The zero-order valence-electron chi connectivity index (χ0n) is 8.70. The van der Waals surface area contributed by atoms with Crippen LogP contribution in [0.25, 0.3) is 0 Å². The van der Waals surface area contributed by atoms with Crippen LogP contribution in [0.15, 0.2) is 36.7 Å². The first-order valence-corrected chi connectivity index (χ1v) is 5.10. The van der Waals surface area contributed by atoms with E-state index in [0.29, 0.717) is 5.92 Å². The van der Waals surface area contributed by atoms with Gasteiger partial charge in [0.05, 0.1) is 5.41 Å². The lowest BCUT2D eigenvalue weighted by Crippen LogP contribution is -2.31. The molecule has 1 N–H and O–H groups in total. The van der Waals surface area contributed by atoms with Gasteiger partial charge in [0.2, 0.25) is 0 Å². The van der Waals surface area contributed by atoms with Crippen molar-refractivity contribution in [3.8, 4) is 0 Å². The van der Waals surface area contributed by atoms with Gasteiger partial charge in [0.1, 0.15) is 5.82 Å². The first-order chi connectivity index (χ1) is 6.76. The third-order valence-corrected chi connectivity index (χ3v) is 3.07. The van der Waals surface area contributed by atoms with E-state index in [-0.39, 0.29) is 5.41 Å². The van der Waals surface area contributed by atoms with Gasteiger partial charge < -0.3 is 4.98 Å². The minimum absolute atomic E-state index is 0.0677. The lowest BCUT2D eigenvalue weighted by Gasteiger charge is -2.33. The van der Waals surface area contributed by atoms with E-state index in [9.17, 15) is 0 Å². The van der Waals surface area contributed by atoms with Gasteiger partial charge in [-0.05, 0) is 12.3 Å². The van der Waals surface area contributed by atoms with Gasteiger partial charge in [-0.15, -0.1) is 0 Å². The van der Waals surface area contributed by atoms with E-state index < -0.39 is 0 Å². The van der Waals surface area contributed by atoms with E-state index in [4.69, 9.17) is 0 Å². The Kier molecular flexibility index (Phi) is 2.28. The molecule has 2 rings (SSSR count). The molecule has 2 nitrogen and oxygen atoms in total. The summed E-state index contributed by atoms with van der Waals surface area (Å²) in [6.07, 6.45) is 13.4. The standard InChI is InChI=1S/C12H16N2/c1-10(2)12(6-4-3-5-7-12)11-13-8-9-14-11/h3-6,8-10H,7H2,1-2H3,(H,13,14). The van der Waals surface area contributed by atoms with E-state index in [0.717, 1.165) is 12.2 Å². The minimum atomic E-state index is 0.0677. The van der Waals surface area contributed by atoms with Gasteiger partial charge >= 0.3 is 0 Å². The molecule has 0 aromatic carbocycles. The summed E-state index contributed by atoms with van der Waals surface area (Å²) in [5.74, 6) is 1.63. The molecule has 0 aliphatic heterocycles. The Balaban J connectivity index is 2.42. The van der Waals surface area contributed by atoms with Crippen molar-refractivity contribution in [3.63, 3.8) is 0 Å². The molecule has 1 atom stereocenters.